The maximum Gasteiger partial charge on any atom is 0.215 e. The number of H-pyrrole nitrogens is 1. The minimum atomic E-state index is -0.263. The Morgan fingerprint density at radius 1 is 1.04 bits per heavy atom. The first-order chi connectivity index (χ1) is 11.4. The Balaban J connectivity index is 1.95. The molecule has 0 amide bonds. The Hall–Kier alpha value is -2.30. The molecule has 0 atom stereocenters. The number of hydrogen-bond donors (Lipinski definition) is 2. The van der Waals surface area contributed by atoms with E-state index in [9.17, 15) is 9.90 Å². The molecule has 120 valence electrons. The van der Waals surface area contributed by atoms with E-state index >= 15 is 0 Å². The number of fused-ring (bicyclic) bond motifs is 2. The molecule has 2 aromatic carbocycles. The Morgan fingerprint density at radius 3 is 2.46 bits per heavy atom. The second-order valence-corrected chi connectivity index (χ2v) is 6.78. The lowest BCUT2D eigenvalue weighted by Gasteiger charge is -2.00. The van der Waals surface area contributed by atoms with Crippen LogP contribution in [0.3, 0.4) is 0 Å². The van der Waals surface area contributed by atoms with Crippen LogP contribution in [0.5, 0.6) is 5.75 Å². The highest BCUT2D eigenvalue weighted by Crippen LogP contribution is 2.39. The minimum absolute atomic E-state index is 0.0285. The SMILES string of the molecule is Cc1cc(Cl)cc2c1N=C(c1[nH]c3c(C)cc(Cl)cc3c1O)C2=O. The van der Waals surface area contributed by atoms with Crippen LogP contribution in [-0.4, -0.2) is 21.6 Å². The monoisotopic (exact) mass is 358 g/mol. The topological polar surface area (TPSA) is 65.4 Å². The van der Waals surface area contributed by atoms with Gasteiger partial charge < -0.3 is 10.1 Å². The maximum absolute atomic E-state index is 12.7. The van der Waals surface area contributed by atoms with Gasteiger partial charge in [0.05, 0.1) is 16.8 Å². The molecule has 6 heteroatoms. The van der Waals surface area contributed by atoms with E-state index in [0.29, 0.717) is 32.4 Å². The van der Waals surface area contributed by atoms with E-state index in [-0.39, 0.29) is 17.2 Å². The van der Waals surface area contributed by atoms with Gasteiger partial charge in [0.15, 0.2) is 5.75 Å². The number of nitrogens with one attached hydrogen (secondary N) is 1. The number of carbonyl (C=O) groups excluding carboxylic acids is 1. The molecule has 0 fully saturated rings. The summed E-state index contributed by atoms with van der Waals surface area (Å²) in [5.41, 5.74) is 3.94. The van der Waals surface area contributed by atoms with Crippen LogP contribution in [0.25, 0.3) is 10.9 Å². The highest BCUT2D eigenvalue weighted by molar-refractivity contribution is 6.55. The fourth-order valence-electron chi connectivity index (χ4n) is 3.10. The van der Waals surface area contributed by atoms with Crippen LogP contribution in [0.2, 0.25) is 10.0 Å². The number of ketones is 1. The largest absolute Gasteiger partial charge is 0.505 e. The molecule has 0 bridgehead atoms. The molecule has 0 unspecified atom stereocenters. The molecular formula is C18H12Cl2N2O2. The zero-order chi connectivity index (χ0) is 17.2. The third kappa shape index (κ3) is 2.07. The van der Waals surface area contributed by atoms with Crippen LogP contribution in [-0.2, 0) is 0 Å². The van der Waals surface area contributed by atoms with Gasteiger partial charge in [-0.1, -0.05) is 23.2 Å². The van der Waals surface area contributed by atoms with Gasteiger partial charge in [-0.25, -0.2) is 4.99 Å². The van der Waals surface area contributed by atoms with E-state index in [4.69, 9.17) is 23.2 Å². The van der Waals surface area contributed by atoms with Crippen molar-refractivity contribution in [1.82, 2.24) is 4.98 Å². The van der Waals surface area contributed by atoms with Crippen LogP contribution in [0.1, 0.15) is 27.2 Å². The molecule has 2 N–H and O–H groups in total. The molecule has 1 aliphatic rings. The molecule has 24 heavy (non-hydrogen) atoms. The lowest BCUT2D eigenvalue weighted by Crippen LogP contribution is -2.11. The molecule has 4 rings (SSSR count). The van der Waals surface area contributed by atoms with Crippen molar-refractivity contribution in [1.29, 1.82) is 0 Å². The van der Waals surface area contributed by atoms with E-state index in [1.54, 1.807) is 24.3 Å². The van der Waals surface area contributed by atoms with E-state index in [0.717, 1.165) is 16.6 Å². The summed E-state index contributed by atoms with van der Waals surface area (Å²) in [5, 5.41) is 12.1. The van der Waals surface area contributed by atoms with Crippen molar-refractivity contribution in [2.24, 2.45) is 4.99 Å². The number of aryl methyl sites for hydroxylation is 2. The minimum Gasteiger partial charge on any atom is -0.505 e. The van der Waals surface area contributed by atoms with Crippen molar-refractivity contribution in [3.8, 4) is 5.75 Å². The summed E-state index contributed by atoms with van der Waals surface area (Å²) in [6.45, 7) is 3.73. The second-order valence-electron chi connectivity index (χ2n) is 5.90. The average Bonchev–Trinajstić information content (AvgIpc) is 2.99. The molecule has 1 aliphatic heterocycles. The fourth-order valence-corrected chi connectivity index (χ4v) is 3.65. The van der Waals surface area contributed by atoms with Gasteiger partial charge in [0.2, 0.25) is 5.78 Å². The maximum atomic E-state index is 12.7. The number of hydrogen-bond acceptors (Lipinski definition) is 3. The quantitative estimate of drug-likeness (QED) is 0.634. The summed E-state index contributed by atoms with van der Waals surface area (Å²) in [7, 11) is 0. The number of nitrogens with zero attached hydrogens (tertiary/aromatic N) is 1. The molecule has 2 heterocycles. The van der Waals surface area contributed by atoms with Crippen LogP contribution in [0.4, 0.5) is 5.69 Å². The molecule has 1 aromatic heterocycles. The van der Waals surface area contributed by atoms with Gasteiger partial charge in [-0.3, -0.25) is 4.79 Å². The summed E-state index contributed by atoms with van der Waals surface area (Å²) in [6, 6.07) is 6.81. The zero-order valence-electron chi connectivity index (χ0n) is 12.9. The number of aromatic amines is 1. The zero-order valence-corrected chi connectivity index (χ0v) is 14.4. The summed E-state index contributed by atoms with van der Waals surface area (Å²) < 4.78 is 0. The number of benzene rings is 2. The van der Waals surface area contributed by atoms with Gasteiger partial charge in [-0.2, -0.15) is 0 Å². The summed E-state index contributed by atoms with van der Waals surface area (Å²) in [6.07, 6.45) is 0. The van der Waals surface area contributed by atoms with Crippen LogP contribution < -0.4 is 0 Å². The molecule has 0 spiro atoms. The van der Waals surface area contributed by atoms with Crippen molar-refractivity contribution in [3.05, 3.63) is 56.7 Å². The first-order valence-electron chi connectivity index (χ1n) is 7.31. The highest BCUT2D eigenvalue weighted by atomic mass is 35.5. The van der Waals surface area contributed by atoms with E-state index in [1.807, 2.05) is 13.8 Å². The Morgan fingerprint density at radius 2 is 1.71 bits per heavy atom. The number of halogens is 2. The number of aromatic nitrogens is 1. The van der Waals surface area contributed by atoms with Gasteiger partial charge in [0, 0.05) is 15.4 Å². The van der Waals surface area contributed by atoms with Crippen molar-refractivity contribution in [2.45, 2.75) is 13.8 Å². The van der Waals surface area contributed by atoms with Crippen LogP contribution >= 0.6 is 23.2 Å². The predicted molar refractivity (Wildman–Crippen MR) is 96.4 cm³/mol. The van der Waals surface area contributed by atoms with E-state index in [1.165, 1.54) is 0 Å². The predicted octanol–water partition coefficient (Wildman–Crippen LogP) is 5.11. The standard InChI is InChI=1S/C18H12Cl2N2O2/c1-7-3-9(19)5-11-13(7)21-15(17(11)23)16-18(24)12-6-10(20)4-8(2)14(12)22-16/h3-6,21,23H,1-2H3. The smallest absolute Gasteiger partial charge is 0.215 e. The summed E-state index contributed by atoms with van der Waals surface area (Å²) in [5.74, 6) is -0.291. The van der Waals surface area contributed by atoms with Crippen molar-refractivity contribution < 1.29 is 9.90 Å². The normalized spacial score (nSPS) is 13.5. The number of rotatable bonds is 1. The molecule has 3 aromatic rings. The molecule has 0 aliphatic carbocycles. The second kappa shape index (κ2) is 5.10. The van der Waals surface area contributed by atoms with Crippen LogP contribution in [0.15, 0.2) is 29.3 Å². The van der Waals surface area contributed by atoms with Gasteiger partial charge in [-0.15, -0.1) is 0 Å². The molecular weight excluding hydrogens is 347 g/mol. The Bertz CT molecular complexity index is 1080. The number of aromatic hydroxyl groups is 1. The van der Waals surface area contributed by atoms with Gasteiger partial charge in [-0.05, 0) is 49.2 Å². The highest BCUT2D eigenvalue weighted by Gasteiger charge is 2.31. The lowest BCUT2D eigenvalue weighted by atomic mass is 10.0. The number of carbonyl (C=O) groups is 1. The number of Topliss-reactive ketones (excluding diaryl/α,β-unsaturated/α-hetero) is 1. The molecule has 0 saturated carbocycles. The Labute approximate surface area is 147 Å². The first-order valence-corrected chi connectivity index (χ1v) is 8.07. The first kappa shape index (κ1) is 15.2. The molecule has 0 saturated heterocycles. The van der Waals surface area contributed by atoms with Gasteiger partial charge in [0.25, 0.3) is 0 Å². The third-order valence-electron chi connectivity index (χ3n) is 4.23. The van der Waals surface area contributed by atoms with Crippen LogP contribution in [0, 0.1) is 13.8 Å². The van der Waals surface area contributed by atoms with Crippen molar-refractivity contribution >= 4 is 51.3 Å². The summed E-state index contributed by atoms with van der Waals surface area (Å²) >= 11 is 12.1. The lowest BCUT2D eigenvalue weighted by molar-refractivity contribution is 0.106. The van der Waals surface area contributed by atoms with Gasteiger partial charge in [0.1, 0.15) is 11.4 Å². The van der Waals surface area contributed by atoms with Crippen molar-refractivity contribution in [3.63, 3.8) is 0 Å². The van der Waals surface area contributed by atoms with Gasteiger partial charge >= 0.3 is 0 Å². The summed E-state index contributed by atoms with van der Waals surface area (Å²) in [4.78, 5) is 20.3. The average molecular weight is 359 g/mol. The van der Waals surface area contributed by atoms with E-state index < -0.39 is 0 Å². The third-order valence-corrected chi connectivity index (χ3v) is 4.66. The fraction of sp³-hybridized carbons (Fsp3) is 0.111. The van der Waals surface area contributed by atoms with E-state index in [2.05, 4.69) is 9.98 Å². The molecule has 4 nitrogen and oxygen atoms in total. The van der Waals surface area contributed by atoms with Crippen molar-refractivity contribution in [2.75, 3.05) is 0 Å². The number of aliphatic imine (C=N–C) groups is 1. The molecule has 0 radical (unpaired) electrons. The Kier molecular flexibility index (Phi) is 3.24.